The first kappa shape index (κ1) is 8.99. The van der Waals surface area contributed by atoms with E-state index in [1.54, 1.807) is 6.20 Å². The summed E-state index contributed by atoms with van der Waals surface area (Å²) >= 11 is 0. The van der Waals surface area contributed by atoms with Gasteiger partial charge < -0.3 is 10.0 Å². The molecule has 0 aromatic carbocycles. The van der Waals surface area contributed by atoms with Gasteiger partial charge >= 0.3 is 5.97 Å². The lowest BCUT2D eigenvalue weighted by Gasteiger charge is -2.38. The summed E-state index contributed by atoms with van der Waals surface area (Å²) in [5.74, 6) is -0.907. The number of anilines is 1. The molecule has 1 aromatic heterocycles. The van der Waals surface area contributed by atoms with Gasteiger partial charge in [0.1, 0.15) is 0 Å². The molecule has 4 nitrogen and oxygen atoms in total. The van der Waals surface area contributed by atoms with Gasteiger partial charge in [0, 0.05) is 30.7 Å². The molecule has 2 heterocycles. The van der Waals surface area contributed by atoms with Crippen LogP contribution in [0.1, 0.15) is 5.69 Å². The molecule has 2 rings (SSSR count). The highest BCUT2D eigenvalue weighted by molar-refractivity contribution is 5.74. The summed E-state index contributed by atoms with van der Waals surface area (Å²) in [5.41, 5.74) is 2.02. The van der Waals surface area contributed by atoms with Crippen LogP contribution in [0.25, 0.3) is 0 Å². The molecule has 1 N–H and O–H groups in total. The van der Waals surface area contributed by atoms with Gasteiger partial charge in [0.15, 0.2) is 0 Å². The molecular formula is C10H12N2O2. The number of hydrogen-bond acceptors (Lipinski definition) is 3. The standard InChI is InChI=1S/C10H12N2O2/c1-7-4-9(2-3-11-7)12-5-8(6-12)10(13)14/h2-4,8H,5-6H2,1H3,(H,13,14). The smallest absolute Gasteiger partial charge is 0.310 e. The molecule has 14 heavy (non-hydrogen) atoms. The molecule has 0 spiro atoms. The molecular weight excluding hydrogens is 180 g/mol. The fourth-order valence-electron chi connectivity index (χ4n) is 1.57. The number of carbonyl (C=O) groups is 1. The lowest BCUT2D eigenvalue weighted by Crippen LogP contribution is -2.50. The van der Waals surface area contributed by atoms with Crippen LogP contribution >= 0.6 is 0 Å². The van der Waals surface area contributed by atoms with Crippen molar-refractivity contribution in [2.75, 3.05) is 18.0 Å². The maximum Gasteiger partial charge on any atom is 0.310 e. The van der Waals surface area contributed by atoms with Crippen LogP contribution in [0.2, 0.25) is 0 Å². The molecule has 0 bridgehead atoms. The summed E-state index contributed by atoms with van der Waals surface area (Å²) in [7, 11) is 0. The normalized spacial score (nSPS) is 16.5. The Morgan fingerprint density at radius 1 is 1.64 bits per heavy atom. The van der Waals surface area contributed by atoms with Crippen molar-refractivity contribution in [3.63, 3.8) is 0 Å². The molecule has 0 aliphatic carbocycles. The third-order valence-electron chi connectivity index (χ3n) is 2.48. The van der Waals surface area contributed by atoms with Crippen molar-refractivity contribution in [3.8, 4) is 0 Å². The Labute approximate surface area is 82.2 Å². The second kappa shape index (κ2) is 3.29. The van der Waals surface area contributed by atoms with Gasteiger partial charge in [-0.05, 0) is 19.1 Å². The topological polar surface area (TPSA) is 53.4 Å². The third-order valence-corrected chi connectivity index (χ3v) is 2.48. The Hall–Kier alpha value is -1.58. The van der Waals surface area contributed by atoms with E-state index in [1.807, 2.05) is 24.0 Å². The van der Waals surface area contributed by atoms with E-state index in [1.165, 1.54) is 0 Å². The summed E-state index contributed by atoms with van der Waals surface area (Å²) < 4.78 is 0. The van der Waals surface area contributed by atoms with Crippen LogP contribution in [-0.2, 0) is 4.79 Å². The molecule has 0 unspecified atom stereocenters. The Morgan fingerprint density at radius 2 is 2.36 bits per heavy atom. The molecule has 74 valence electrons. The SMILES string of the molecule is Cc1cc(N2CC(C(=O)O)C2)ccn1. The van der Waals surface area contributed by atoms with Crippen molar-refractivity contribution in [1.82, 2.24) is 4.98 Å². The molecule has 0 amide bonds. The summed E-state index contributed by atoms with van der Waals surface area (Å²) in [6.07, 6.45) is 1.75. The average Bonchev–Trinajstić information content (AvgIpc) is 2.00. The summed E-state index contributed by atoms with van der Waals surface area (Å²) in [4.78, 5) is 16.7. The van der Waals surface area contributed by atoms with Crippen molar-refractivity contribution >= 4 is 11.7 Å². The second-order valence-corrected chi connectivity index (χ2v) is 3.60. The fraction of sp³-hybridized carbons (Fsp3) is 0.400. The van der Waals surface area contributed by atoms with Crippen LogP contribution < -0.4 is 4.90 Å². The first-order valence-electron chi connectivity index (χ1n) is 4.57. The zero-order valence-electron chi connectivity index (χ0n) is 7.97. The lowest BCUT2D eigenvalue weighted by atomic mass is 10.00. The van der Waals surface area contributed by atoms with Crippen LogP contribution in [0.3, 0.4) is 0 Å². The fourth-order valence-corrected chi connectivity index (χ4v) is 1.57. The van der Waals surface area contributed by atoms with E-state index in [0.717, 1.165) is 11.4 Å². The van der Waals surface area contributed by atoms with Gasteiger partial charge in [-0.3, -0.25) is 9.78 Å². The van der Waals surface area contributed by atoms with E-state index in [-0.39, 0.29) is 5.92 Å². The highest BCUT2D eigenvalue weighted by Crippen LogP contribution is 2.24. The van der Waals surface area contributed by atoms with Gasteiger partial charge in [-0.1, -0.05) is 0 Å². The van der Waals surface area contributed by atoms with E-state index in [9.17, 15) is 4.79 Å². The first-order chi connectivity index (χ1) is 6.66. The minimum Gasteiger partial charge on any atom is -0.481 e. The Kier molecular flexibility index (Phi) is 2.11. The van der Waals surface area contributed by atoms with Crippen molar-refractivity contribution in [3.05, 3.63) is 24.0 Å². The number of aliphatic carboxylic acids is 1. The third kappa shape index (κ3) is 1.55. The molecule has 1 aromatic rings. The van der Waals surface area contributed by atoms with Gasteiger partial charge in [-0.2, -0.15) is 0 Å². The Balaban J connectivity index is 2.03. The Morgan fingerprint density at radius 3 is 2.93 bits per heavy atom. The quantitative estimate of drug-likeness (QED) is 0.756. The molecule has 1 aliphatic heterocycles. The molecule has 0 atom stereocenters. The second-order valence-electron chi connectivity index (χ2n) is 3.60. The van der Waals surface area contributed by atoms with Gasteiger partial charge in [0.2, 0.25) is 0 Å². The number of aryl methyl sites for hydroxylation is 1. The minimum atomic E-state index is -0.702. The van der Waals surface area contributed by atoms with Gasteiger partial charge in [-0.25, -0.2) is 0 Å². The monoisotopic (exact) mass is 192 g/mol. The zero-order valence-corrected chi connectivity index (χ0v) is 7.97. The predicted molar refractivity (Wildman–Crippen MR) is 52.3 cm³/mol. The number of rotatable bonds is 2. The number of pyridine rings is 1. The van der Waals surface area contributed by atoms with Crippen molar-refractivity contribution in [2.45, 2.75) is 6.92 Å². The molecule has 4 heteroatoms. The number of carboxylic acids is 1. The Bertz CT molecular complexity index is 359. The lowest BCUT2D eigenvalue weighted by molar-refractivity contribution is -0.142. The molecule has 0 radical (unpaired) electrons. The van der Waals surface area contributed by atoms with E-state index in [2.05, 4.69) is 4.98 Å². The highest BCUT2D eigenvalue weighted by atomic mass is 16.4. The number of carboxylic acid groups (broad SMARTS) is 1. The van der Waals surface area contributed by atoms with Crippen molar-refractivity contribution in [1.29, 1.82) is 0 Å². The van der Waals surface area contributed by atoms with Crippen LogP contribution in [0.15, 0.2) is 18.3 Å². The van der Waals surface area contributed by atoms with Crippen LogP contribution in [0.5, 0.6) is 0 Å². The number of nitrogens with zero attached hydrogens (tertiary/aromatic N) is 2. The average molecular weight is 192 g/mol. The number of hydrogen-bond donors (Lipinski definition) is 1. The van der Waals surface area contributed by atoms with Gasteiger partial charge in [0.05, 0.1) is 5.92 Å². The summed E-state index contributed by atoms with van der Waals surface area (Å²) in [5, 5.41) is 8.71. The van der Waals surface area contributed by atoms with E-state index in [0.29, 0.717) is 13.1 Å². The van der Waals surface area contributed by atoms with Gasteiger partial charge in [-0.15, -0.1) is 0 Å². The largest absolute Gasteiger partial charge is 0.481 e. The van der Waals surface area contributed by atoms with Crippen LogP contribution in [0, 0.1) is 12.8 Å². The molecule has 1 fully saturated rings. The molecule has 1 saturated heterocycles. The summed E-state index contributed by atoms with van der Waals surface area (Å²) in [6.45, 7) is 3.15. The van der Waals surface area contributed by atoms with Crippen LogP contribution in [0.4, 0.5) is 5.69 Å². The maximum absolute atomic E-state index is 10.6. The molecule has 1 aliphatic rings. The maximum atomic E-state index is 10.6. The zero-order chi connectivity index (χ0) is 10.1. The predicted octanol–water partition coefficient (Wildman–Crippen LogP) is 0.911. The van der Waals surface area contributed by atoms with Crippen LogP contribution in [-0.4, -0.2) is 29.1 Å². The van der Waals surface area contributed by atoms with Crippen molar-refractivity contribution < 1.29 is 9.90 Å². The summed E-state index contributed by atoms with van der Waals surface area (Å²) in [6, 6.07) is 3.88. The van der Waals surface area contributed by atoms with E-state index < -0.39 is 5.97 Å². The van der Waals surface area contributed by atoms with Crippen molar-refractivity contribution in [2.24, 2.45) is 5.92 Å². The van der Waals surface area contributed by atoms with Gasteiger partial charge in [0.25, 0.3) is 0 Å². The highest BCUT2D eigenvalue weighted by Gasteiger charge is 2.32. The minimum absolute atomic E-state index is 0.205. The number of aromatic nitrogens is 1. The molecule has 0 saturated carbocycles. The first-order valence-corrected chi connectivity index (χ1v) is 4.57. The van der Waals surface area contributed by atoms with E-state index in [4.69, 9.17) is 5.11 Å². The van der Waals surface area contributed by atoms with E-state index >= 15 is 0 Å².